The fourth-order valence-electron chi connectivity index (χ4n) is 5.41. The predicted octanol–water partition coefficient (Wildman–Crippen LogP) is 5.73. The molecule has 2 aliphatic rings. The molecule has 4 rings (SSSR count). The Morgan fingerprint density at radius 1 is 1.29 bits per heavy atom. The van der Waals surface area contributed by atoms with E-state index in [0.717, 1.165) is 6.42 Å². The van der Waals surface area contributed by atoms with Gasteiger partial charge in [0.25, 0.3) is 0 Å². The molecular weight excluding hydrogens is 316 g/mol. The van der Waals surface area contributed by atoms with Crippen LogP contribution < -0.4 is 0 Å². The van der Waals surface area contributed by atoms with Crippen molar-refractivity contribution in [1.29, 1.82) is 0 Å². The van der Waals surface area contributed by atoms with Crippen molar-refractivity contribution < 1.29 is 0 Å². The maximum Gasteiger partial charge on any atom is 0.0459 e. The molecule has 2 aliphatic carbocycles. The normalized spacial score (nSPS) is 37.2. The lowest BCUT2D eigenvalue weighted by Gasteiger charge is -2.57. The fraction of sp³-hybridized carbons (Fsp3) is 0.524. The van der Waals surface area contributed by atoms with Crippen LogP contribution in [-0.4, -0.2) is 23.5 Å². The van der Waals surface area contributed by atoms with Crippen LogP contribution in [0.5, 0.6) is 0 Å². The number of likely N-dealkylation sites (N-methyl/N-ethyl adjacent to an activating group) is 1. The number of hydrogen-bond donors (Lipinski definition) is 1. The summed E-state index contributed by atoms with van der Waals surface area (Å²) in [5.74, 6) is 0.904. The molecule has 2 aromatic rings. The Labute approximate surface area is 149 Å². The lowest BCUT2D eigenvalue weighted by molar-refractivity contribution is 0.144. The number of benzene rings is 1. The Morgan fingerprint density at radius 2 is 2.00 bits per heavy atom. The third-order valence-electron chi connectivity index (χ3n) is 6.92. The number of alkyl halides is 1. The number of aromatic amines is 1. The Morgan fingerprint density at radius 3 is 2.67 bits per heavy atom. The summed E-state index contributed by atoms with van der Waals surface area (Å²) in [5, 5.41) is 6.26. The molecule has 1 aromatic heterocycles. The second kappa shape index (κ2) is 5.12. The average molecular weight is 342 g/mol. The van der Waals surface area contributed by atoms with Crippen molar-refractivity contribution in [2.24, 2.45) is 11.3 Å². The number of nitrogens with one attached hydrogen (secondary N) is 1. The zero-order chi connectivity index (χ0) is 17.3. The first-order valence-corrected chi connectivity index (χ1v) is 9.27. The minimum atomic E-state index is -0.173. The molecule has 5 unspecified atom stereocenters. The zero-order valence-corrected chi connectivity index (χ0v) is 15.7. The highest BCUT2D eigenvalue weighted by Crippen LogP contribution is 2.63. The van der Waals surface area contributed by atoms with Crippen LogP contribution in [-0.2, 0) is 5.41 Å². The molecule has 1 saturated carbocycles. The summed E-state index contributed by atoms with van der Waals surface area (Å²) in [5.41, 5.74) is 3.99. The van der Waals surface area contributed by atoms with E-state index in [4.69, 9.17) is 16.9 Å². The van der Waals surface area contributed by atoms with E-state index in [-0.39, 0.29) is 22.2 Å². The molecule has 0 aliphatic heterocycles. The van der Waals surface area contributed by atoms with Crippen molar-refractivity contribution >= 4 is 22.5 Å². The van der Waals surface area contributed by atoms with Crippen molar-refractivity contribution in [2.75, 3.05) is 7.05 Å². The predicted molar refractivity (Wildman–Crippen MR) is 103 cm³/mol. The van der Waals surface area contributed by atoms with Gasteiger partial charge in [-0.3, -0.25) is 0 Å². The van der Waals surface area contributed by atoms with Gasteiger partial charge in [-0.05, 0) is 35.3 Å². The Bertz CT molecular complexity index is 805. The summed E-state index contributed by atoms with van der Waals surface area (Å²) in [6, 6.07) is 8.82. The van der Waals surface area contributed by atoms with E-state index in [1.54, 1.807) is 0 Å². The number of H-pyrrole nitrogens is 1. The number of para-hydroxylation sites is 1. The molecule has 3 heteroatoms. The first kappa shape index (κ1) is 16.2. The summed E-state index contributed by atoms with van der Waals surface area (Å²) < 4.78 is 0. The molecule has 0 saturated heterocycles. The van der Waals surface area contributed by atoms with E-state index in [2.05, 4.69) is 56.6 Å². The molecule has 128 valence electrons. The maximum atomic E-state index is 6.88. The number of hydrogen-bond acceptors (Lipinski definition) is 0. The van der Waals surface area contributed by atoms with E-state index in [0.29, 0.717) is 11.8 Å². The molecule has 2 nitrogen and oxygen atoms in total. The zero-order valence-electron chi connectivity index (χ0n) is 14.9. The Kier molecular flexibility index (Phi) is 3.47. The first-order chi connectivity index (χ1) is 11.4. The van der Waals surface area contributed by atoms with Gasteiger partial charge in [-0.1, -0.05) is 45.0 Å². The van der Waals surface area contributed by atoms with Gasteiger partial charge in [0.05, 0.1) is 0 Å². The standard InChI is InChI=1S/C21H26ClN2/c1-6-21(4)15(22)11-13-17(19(21)23-5)16-12-9-7-8-10-14(12)24-18(16)20(13,2)3/h6-10,13,15,17,19,24H,1,11H2,2-5H3/q-1. The van der Waals surface area contributed by atoms with E-state index < -0.39 is 0 Å². The van der Waals surface area contributed by atoms with Crippen molar-refractivity contribution in [2.45, 2.75) is 49.9 Å². The molecular formula is C21H26ClN2-. The van der Waals surface area contributed by atoms with Crippen molar-refractivity contribution in [3.05, 3.63) is 53.5 Å². The highest BCUT2D eigenvalue weighted by atomic mass is 35.5. The second-order valence-electron chi connectivity index (χ2n) is 8.29. The van der Waals surface area contributed by atoms with Crippen LogP contribution >= 0.6 is 11.6 Å². The molecule has 1 aromatic carbocycles. The van der Waals surface area contributed by atoms with Crippen LogP contribution in [0, 0.1) is 11.3 Å². The van der Waals surface area contributed by atoms with Gasteiger partial charge in [-0.2, -0.15) is 7.05 Å². The highest BCUT2D eigenvalue weighted by Gasteiger charge is 2.56. The summed E-state index contributed by atoms with van der Waals surface area (Å²) in [6.07, 6.45) is 3.04. The Hall–Kier alpha value is -1.25. The van der Waals surface area contributed by atoms with Crippen molar-refractivity contribution in [3.63, 3.8) is 0 Å². The Balaban J connectivity index is 1.98. The fourth-order valence-corrected chi connectivity index (χ4v) is 5.82. The highest BCUT2D eigenvalue weighted by molar-refractivity contribution is 6.21. The minimum absolute atomic E-state index is 0.0690. The monoisotopic (exact) mass is 341 g/mol. The van der Waals surface area contributed by atoms with Crippen molar-refractivity contribution in [3.8, 4) is 0 Å². The lowest BCUT2D eigenvalue weighted by atomic mass is 9.59. The molecule has 1 fully saturated rings. The lowest BCUT2D eigenvalue weighted by Crippen LogP contribution is -2.50. The molecule has 24 heavy (non-hydrogen) atoms. The third kappa shape index (κ3) is 1.82. The van der Waals surface area contributed by atoms with Gasteiger partial charge in [0.2, 0.25) is 0 Å². The molecule has 1 N–H and O–H groups in total. The second-order valence-corrected chi connectivity index (χ2v) is 8.82. The quantitative estimate of drug-likeness (QED) is 0.533. The first-order valence-electron chi connectivity index (χ1n) is 8.84. The van der Waals surface area contributed by atoms with Crippen LogP contribution in [0.1, 0.15) is 44.4 Å². The average Bonchev–Trinajstić information content (AvgIpc) is 3.04. The number of rotatable bonds is 2. The van der Waals surface area contributed by atoms with Crippen LogP contribution in [0.2, 0.25) is 0 Å². The van der Waals surface area contributed by atoms with Gasteiger partial charge in [0.1, 0.15) is 0 Å². The minimum Gasteiger partial charge on any atom is -0.661 e. The number of nitrogens with zero attached hydrogens (tertiary/aromatic N) is 1. The number of aromatic nitrogens is 1. The molecule has 0 radical (unpaired) electrons. The van der Waals surface area contributed by atoms with Gasteiger partial charge < -0.3 is 10.3 Å². The topological polar surface area (TPSA) is 29.9 Å². The SMILES string of the molecule is C=CC1(C)C(Cl)CC2C(c3c([nH]c4ccccc34)C2(C)C)C1[N-]C. The summed E-state index contributed by atoms with van der Waals surface area (Å²) in [6.45, 7) is 11.1. The summed E-state index contributed by atoms with van der Waals surface area (Å²) in [7, 11) is 1.94. The molecule has 1 heterocycles. The van der Waals surface area contributed by atoms with Crippen LogP contribution in [0.25, 0.3) is 16.2 Å². The van der Waals surface area contributed by atoms with Gasteiger partial charge in [-0.25, -0.2) is 0 Å². The van der Waals surface area contributed by atoms with E-state index >= 15 is 0 Å². The van der Waals surface area contributed by atoms with Gasteiger partial charge in [0, 0.05) is 27.4 Å². The summed E-state index contributed by atoms with van der Waals surface area (Å²) in [4.78, 5) is 3.72. The number of fused-ring (bicyclic) bond motifs is 5. The van der Waals surface area contributed by atoms with Gasteiger partial charge >= 0.3 is 0 Å². The molecule has 0 spiro atoms. The van der Waals surface area contributed by atoms with Crippen LogP contribution in [0.15, 0.2) is 36.9 Å². The van der Waals surface area contributed by atoms with Crippen molar-refractivity contribution in [1.82, 2.24) is 4.98 Å². The van der Waals surface area contributed by atoms with E-state index in [1.165, 1.54) is 22.2 Å². The number of halogens is 1. The van der Waals surface area contributed by atoms with E-state index in [9.17, 15) is 0 Å². The van der Waals surface area contributed by atoms with Gasteiger partial charge in [0.15, 0.2) is 0 Å². The van der Waals surface area contributed by atoms with Crippen LogP contribution in [0.4, 0.5) is 0 Å². The molecule has 5 atom stereocenters. The smallest absolute Gasteiger partial charge is 0.0459 e. The third-order valence-corrected chi connectivity index (χ3v) is 7.56. The van der Waals surface area contributed by atoms with E-state index in [1.807, 2.05) is 13.1 Å². The summed E-state index contributed by atoms with van der Waals surface area (Å²) >= 11 is 6.88. The largest absolute Gasteiger partial charge is 0.661 e. The molecule has 0 amide bonds. The molecule has 0 bridgehead atoms. The van der Waals surface area contributed by atoms with Crippen LogP contribution in [0.3, 0.4) is 0 Å². The van der Waals surface area contributed by atoms with Gasteiger partial charge in [-0.15, -0.1) is 24.2 Å². The maximum absolute atomic E-state index is 6.88.